The number of hydrogen-bond donors (Lipinski definition) is 1. The highest BCUT2D eigenvalue weighted by atomic mass is 35.5. The van der Waals surface area contributed by atoms with Gasteiger partial charge in [-0.15, -0.1) is 24.2 Å². The third-order valence-corrected chi connectivity index (χ3v) is 2.80. The van der Waals surface area contributed by atoms with Gasteiger partial charge in [0.1, 0.15) is 11.1 Å². The molecule has 1 atom stereocenters. The summed E-state index contributed by atoms with van der Waals surface area (Å²) >= 11 is 10.1. The number of methoxy groups -OCH3 is 1. The van der Waals surface area contributed by atoms with Crippen molar-refractivity contribution in [1.82, 2.24) is 0 Å². The Kier molecular flexibility index (Phi) is 3.84. The molecule has 0 aromatic heterocycles. The minimum absolute atomic E-state index is 0.0906. The lowest BCUT2D eigenvalue weighted by Crippen LogP contribution is -2.02. The van der Waals surface area contributed by atoms with E-state index < -0.39 is 5.38 Å². The molecule has 1 unspecified atom stereocenters. The van der Waals surface area contributed by atoms with Gasteiger partial charge in [-0.1, -0.05) is 6.07 Å². The van der Waals surface area contributed by atoms with Crippen molar-refractivity contribution in [1.29, 1.82) is 0 Å². The van der Waals surface area contributed by atoms with E-state index in [9.17, 15) is 4.79 Å². The third-order valence-electron chi connectivity index (χ3n) is 1.87. The molecule has 0 saturated heterocycles. The van der Waals surface area contributed by atoms with E-state index in [2.05, 4.69) is 12.6 Å². The summed E-state index contributed by atoms with van der Waals surface area (Å²) in [6.07, 6.45) is 0. The van der Waals surface area contributed by atoms with Gasteiger partial charge in [0, 0.05) is 4.90 Å². The second kappa shape index (κ2) is 4.71. The predicted octanol–water partition coefficient (Wildman–Crippen LogP) is 2.85. The van der Waals surface area contributed by atoms with Gasteiger partial charge in [-0.05, 0) is 24.6 Å². The van der Waals surface area contributed by atoms with Gasteiger partial charge < -0.3 is 4.74 Å². The van der Waals surface area contributed by atoms with Crippen LogP contribution in [0.15, 0.2) is 23.1 Å². The number of Topliss-reactive ketones (excluding diaryl/α,β-unsaturated/α-hetero) is 1. The fourth-order valence-corrected chi connectivity index (χ4v) is 1.68. The van der Waals surface area contributed by atoms with Crippen LogP contribution in [0, 0.1) is 0 Å². The summed E-state index contributed by atoms with van der Waals surface area (Å²) in [6, 6.07) is 5.24. The Balaban J connectivity index is 3.05. The standard InChI is InChI=1S/C10H11ClO2S/c1-6(12)10(11)8-4-3-7(13-2)5-9(8)14/h3-5,10,14H,1-2H3. The molecule has 1 aromatic rings. The van der Waals surface area contributed by atoms with Gasteiger partial charge >= 0.3 is 0 Å². The molecule has 0 spiro atoms. The van der Waals surface area contributed by atoms with Crippen molar-refractivity contribution in [2.45, 2.75) is 17.2 Å². The van der Waals surface area contributed by atoms with E-state index in [1.807, 2.05) is 0 Å². The molecule has 0 saturated carbocycles. The van der Waals surface area contributed by atoms with Crippen LogP contribution in [0.4, 0.5) is 0 Å². The SMILES string of the molecule is COc1ccc(C(Cl)C(C)=O)c(S)c1. The molecule has 0 aliphatic carbocycles. The predicted molar refractivity (Wildman–Crippen MR) is 59.5 cm³/mol. The topological polar surface area (TPSA) is 26.3 Å². The van der Waals surface area contributed by atoms with Crippen LogP contribution in [0.3, 0.4) is 0 Å². The Morgan fingerprint density at radius 3 is 2.64 bits per heavy atom. The van der Waals surface area contributed by atoms with E-state index in [0.717, 1.165) is 0 Å². The number of carbonyl (C=O) groups is 1. The normalized spacial score (nSPS) is 12.3. The molecular formula is C10H11ClO2S. The van der Waals surface area contributed by atoms with Crippen LogP contribution in [0.25, 0.3) is 0 Å². The van der Waals surface area contributed by atoms with Crippen LogP contribution in [0.1, 0.15) is 17.9 Å². The van der Waals surface area contributed by atoms with Gasteiger partial charge in [0.25, 0.3) is 0 Å². The van der Waals surface area contributed by atoms with Crippen LogP contribution < -0.4 is 4.74 Å². The zero-order valence-corrected chi connectivity index (χ0v) is 9.60. The minimum atomic E-state index is -0.631. The second-order valence-corrected chi connectivity index (χ2v) is 3.82. The van der Waals surface area contributed by atoms with E-state index in [4.69, 9.17) is 16.3 Å². The zero-order valence-electron chi connectivity index (χ0n) is 7.95. The zero-order chi connectivity index (χ0) is 10.7. The Morgan fingerprint density at radius 2 is 2.21 bits per heavy atom. The Bertz CT molecular complexity index is 352. The summed E-state index contributed by atoms with van der Waals surface area (Å²) in [5.74, 6) is 0.610. The molecule has 0 N–H and O–H groups in total. The highest BCUT2D eigenvalue weighted by Gasteiger charge is 2.15. The highest BCUT2D eigenvalue weighted by molar-refractivity contribution is 7.80. The number of carbonyl (C=O) groups excluding carboxylic acids is 1. The fourth-order valence-electron chi connectivity index (χ4n) is 1.08. The molecule has 0 fully saturated rings. The van der Waals surface area contributed by atoms with Crippen molar-refractivity contribution >= 4 is 30.0 Å². The lowest BCUT2D eigenvalue weighted by molar-refractivity contribution is -0.116. The first-order chi connectivity index (χ1) is 6.56. The van der Waals surface area contributed by atoms with Crippen molar-refractivity contribution in [2.75, 3.05) is 7.11 Å². The lowest BCUT2D eigenvalue weighted by Gasteiger charge is -2.10. The molecule has 0 aliphatic heterocycles. The molecule has 1 aromatic carbocycles. The number of benzene rings is 1. The van der Waals surface area contributed by atoms with Crippen LogP contribution in [0.2, 0.25) is 0 Å². The summed E-state index contributed by atoms with van der Waals surface area (Å²) in [5, 5.41) is -0.631. The van der Waals surface area contributed by atoms with Gasteiger partial charge in [0.05, 0.1) is 7.11 Å². The molecule has 14 heavy (non-hydrogen) atoms. The second-order valence-electron chi connectivity index (χ2n) is 2.90. The smallest absolute Gasteiger partial charge is 0.152 e. The van der Waals surface area contributed by atoms with Crippen molar-refractivity contribution in [3.8, 4) is 5.75 Å². The first-order valence-electron chi connectivity index (χ1n) is 4.07. The highest BCUT2D eigenvalue weighted by Crippen LogP contribution is 2.30. The Labute approximate surface area is 93.6 Å². The van der Waals surface area contributed by atoms with Gasteiger partial charge in [-0.3, -0.25) is 4.79 Å². The van der Waals surface area contributed by atoms with Crippen molar-refractivity contribution < 1.29 is 9.53 Å². The van der Waals surface area contributed by atoms with E-state index in [0.29, 0.717) is 16.2 Å². The molecule has 2 nitrogen and oxygen atoms in total. The first-order valence-corrected chi connectivity index (χ1v) is 4.96. The molecule has 0 radical (unpaired) electrons. The minimum Gasteiger partial charge on any atom is -0.497 e. The number of alkyl halides is 1. The first kappa shape index (κ1) is 11.4. The number of rotatable bonds is 3. The maximum Gasteiger partial charge on any atom is 0.152 e. The molecule has 1 rings (SSSR count). The van der Waals surface area contributed by atoms with Crippen LogP contribution in [0.5, 0.6) is 5.75 Å². The molecule has 0 amide bonds. The van der Waals surface area contributed by atoms with Gasteiger partial charge in [0.15, 0.2) is 5.78 Å². The average Bonchev–Trinajstić information content (AvgIpc) is 2.16. The summed E-state index contributed by atoms with van der Waals surface area (Å²) in [7, 11) is 1.57. The maximum absolute atomic E-state index is 11.1. The Hall–Kier alpha value is -0.670. The van der Waals surface area contributed by atoms with Crippen molar-refractivity contribution in [3.63, 3.8) is 0 Å². The van der Waals surface area contributed by atoms with Gasteiger partial charge in [0.2, 0.25) is 0 Å². The quantitative estimate of drug-likeness (QED) is 0.639. The molecule has 76 valence electrons. The number of hydrogen-bond acceptors (Lipinski definition) is 3. The molecule has 0 heterocycles. The fraction of sp³-hybridized carbons (Fsp3) is 0.300. The number of halogens is 1. The lowest BCUT2D eigenvalue weighted by atomic mass is 10.1. The van der Waals surface area contributed by atoms with Gasteiger partial charge in [-0.2, -0.15) is 0 Å². The third kappa shape index (κ3) is 2.42. The molecular weight excluding hydrogens is 220 g/mol. The van der Waals surface area contributed by atoms with Crippen LogP contribution >= 0.6 is 24.2 Å². The number of ether oxygens (including phenoxy) is 1. The summed E-state index contributed by atoms with van der Waals surface area (Å²) in [6.45, 7) is 1.45. The van der Waals surface area contributed by atoms with Crippen molar-refractivity contribution in [2.24, 2.45) is 0 Å². The summed E-state index contributed by atoms with van der Waals surface area (Å²) in [4.78, 5) is 11.7. The number of thiol groups is 1. The summed E-state index contributed by atoms with van der Waals surface area (Å²) in [5.41, 5.74) is 0.711. The molecule has 0 bridgehead atoms. The number of ketones is 1. The van der Waals surface area contributed by atoms with Gasteiger partial charge in [-0.25, -0.2) is 0 Å². The van der Waals surface area contributed by atoms with E-state index in [-0.39, 0.29) is 5.78 Å². The summed E-state index contributed by atoms with van der Waals surface area (Å²) < 4.78 is 5.01. The maximum atomic E-state index is 11.1. The molecule has 4 heteroatoms. The van der Waals surface area contributed by atoms with Crippen LogP contribution in [-0.2, 0) is 4.79 Å². The van der Waals surface area contributed by atoms with E-state index in [1.54, 1.807) is 25.3 Å². The molecule has 0 aliphatic rings. The monoisotopic (exact) mass is 230 g/mol. The average molecular weight is 231 g/mol. The Morgan fingerprint density at radius 1 is 1.57 bits per heavy atom. The van der Waals surface area contributed by atoms with Crippen molar-refractivity contribution in [3.05, 3.63) is 23.8 Å². The van der Waals surface area contributed by atoms with E-state index in [1.165, 1.54) is 6.92 Å². The largest absolute Gasteiger partial charge is 0.497 e. The van der Waals surface area contributed by atoms with Crippen LogP contribution in [-0.4, -0.2) is 12.9 Å². The van der Waals surface area contributed by atoms with E-state index >= 15 is 0 Å².